The van der Waals surface area contributed by atoms with Crippen molar-refractivity contribution in [1.82, 2.24) is 5.32 Å². The minimum Gasteiger partial charge on any atom is -0.496 e. The number of ether oxygens (including phenoxy) is 1. The topological polar surface area (TPSA) is 45.0 Å². The summed E-state index contributed by atoms with van der Waals surface area (Å²) in [6.07, 6.45) is 0.493. The number of benzene rings is 1. The largest absolute Gasteiger partial charge is 0.496 e. The van der Waals surface area contributed by atoms with Gasteiger partial charge in [-0.25, -0.2) is 0 Å². The van der Waals surface area contributed by atoms with Gasteiger partial charge in [-0.05, 0) is 12.1 Å². The Morgan fingerprint density at radius 3 is 3.00 bits per heavy atom. The molecule has 80 valence electrons. The normalized spacial score (nSPS) is 9.67. The van der Waals surface area contributed by atoms with Gasteiger partial charge in [0, 0.05) is 30.1 Å². The number of nitrogens with one attached hydrogen (secondary N) is 1. The van der Waals surface area contributed by atoms with Crippen LogP contribution in [-0.2, 0) is 6.54 Å². The van der Waals surface area contributed by atoms with Gasteiger partial charge in [-0.1, -0.05) is 17.7 Å². The second-order valence-corrected chi connectivity index (χ2v) is 3.41. The zero-order chi connectivity index (χ0) is 11.1. The number of halogens is 1. The average molecular weight is 225 g/mol. The minimum absolute atomic E-state index is 0.493. The van der Waals surface area contributed by atoms with Crippen LogP contribution in [0.3, 0.4) is 0 Å². The second kappa shape index (κ2) is 6.28. The van der Waals surface area contributed by atoms with Gasteiger partial charge >= 0.3 is 0 Å². The van der Waals surface area contributed by atoms with Gasteiger partial charge in [0.05, 0.1) is 13.2 Å². The molecule has 0 fully saturated rings. The van der Waals surface area contributed by atoms with Crippen LogP contribution in [0.5, 0.6) is 5.75 Å². The van der Waals surface area contributed by atoms with E-state index >= 15 is 0 Å². The molecule has 1 aromatic rings. The van der Waals surface area contributed by atoms with E-state index in [0.717, 1.165) is 11.3 Å². The van der Waals surface area contributed by atoms with E-state index in [9.17, 15) is 0 Å². The van der Waals surface area contributed by atoms with Gasteiger partial charge in [0.1, 0.15) is 5.75 Å². The Hall–Kier alpha value is -1.24. The summed E-state index contributed by atoms with van der Waals surface area (Å²) in [6.45, 7) is 1.27. The first kappa shape index (κ1) is 11.8. The zero-order valence-electron chi connectivity index (χ0n) is 8.59. The quantitative estimate of drug-likeness (QED) is 0.781. The molecule has 0 aromatic heterocycles. The molecule has 0 bridgehead atoms. The van der Waals surface area contributed by atoms with Crippen LogP contribution < -0.4 is 10.1 Å². The van der Waals surface area contributed by atoms with Crippen LogP contribution in [-0.4, -0.2) is 13.7 Å². The van der Waals surface area contributed by atoms with Gasteiger partial charge in [0.25, 0.3) is 0 Å². The molecule has 0 unspecified atom stereocenters. The van der Waals surface area contributed by atoms with E-state index in [1.54, 1.807) is 7.11 Å². The van der Waals surface area contributed by atoms with Crippen LogP contribution in [0, 0.1) is 11.3 Å². The minimum atomic E-state index is 0.493. The molecule has 3 nitrogen and oxygen atoms in total. The molecular formula is C11H13ClN2O. The molecule has 0 saturated heterocycles. The van der Waals surface area contributed by atoms with Crippen LogP contribution in [0.1, 0.15) is 12.0 Å². The molecule has 0 saturated carbocycles. The Bertz CT molecular complexity index is 360. The molecular weight excluding hydrogens is 212 g/mol. The number of nitrogens with zero attached hydrogens (tertiary/aromatic N) is 1. The van der Waals surface area contributed by atoms with Crippen LogP contribution in [0.2, 0.25) is 5.02 Å². The third-order valence-corrected chi connectivity index (χ3v) is 2.37. The highest BCUT2D eigenvalue weighted by Crippen LogP contribution is 2.25. The summed E-state index contributed by atoms with van der Waals surface area (Å²) < 4.78 is 5.19. The van der Waals surface area contributed by atoms with Gasteiger partial charge in [-0.3, -0.25) is 0 Å². The predicted octanol–water partition coefficient (Wildman–Crippen LogP) is 2.35. The lowest BCUT2D eigenvalue weighted by atomic mass is 10.2. The lowest BCUT2D eigenvalue weighted by Gasteiger charge is -2.10. The highest BCUT2D eigenvalue weighted by atomic mass is 35.5. The second-order valence-electron chi connectivity index (χ2n) is 3.01. The molecule has 0 heterocycles. The van der Waals surface area contributed by atoms with E-state index in [0.29, 0.717) is 24.5 Å². The Morgan fingerprint density at radius 1 is 1.53 bits per heavy atom. The summed E-state index contributed by atoms with van der Waals surface area (Å²) in [4.78, 5) is 0. The fraction of sp³-hybridized carbons (Fsp3) is 0.364. The van der Waals surface area contributed by atoms with E-state index < -0.39 is 0 Å². The van der Waals surface area contributed by atoms with Crippen LogP contribution in [0.4, 0.5) is 0 Å². The molecule has 0 aliphatic rings. The highest BCUT2D eigenvalue weighted by Gasteiger charge is 2.06. The molecule has 0 amide bonds. The summed E-state index contributed by atoms with van der Waals surface area (Å²) in [6, 6.07) is 7.61. The number of nitriles is 1. The molecule has 15 heavy (non-hydrogen) atoms. The molecule has 0 aliphatic heterocycles. The molecule has 1 aromatic carbocycles. The van der Waals surface area contributed by atoms with Crippen LogP contribution >= 0.6 is 11.6 Å². The first-order valence-electron chi connectivity index (χ1n) is 4.68. The zero-order valence-corrected chi connectivity index (χ0v) is 9.34. The number of rotatable bonds is 5. The summed E-state index contributed by atoms with van der Waals surface area (Å²) >= 11 is 6.04. The highest BCUT2D eigenvalue weighted by molar-refractivity contribution is 6.31. The summed E-state index contributed by atoms with van der Waals surface area (Å²) in [5, 5.41) is 12.2. The third kappa shape index (κ3) is 3.43. The van der Waals surface area contributed by atoms with Crippen molar-refractivity contribution >= 4 is 11.6 Å². The standard InChI is InChI=1S/C11H13ClN2O/c1-15-11-5-2-4-10(12)9(11)8-14-7-3-6-13/h2,4-5,14H,3,7-8H2,1H3. The van der Waals surface area contributed by atoms with Crippen LogP contribution in [0.15, 0.2) is 18.2 Å². The van der Waals surface area contributed by atoms with E-state index in [1.807, 2.05) is 18.2 Å². The molecule has 4 heteroatoms. The maximum atomic E-state index is 8.38. The maximum absolute atomic E-state index is 8.38. The Morgan fingerprint density at radius 2 is 2.33 bits per heavy atom. The monoisotopic (exact) mass is 224 g/mol. The Labute approximate surface area is 94.6 Å². The Kier molecular flexibility index (Phi) is 4.96. The molecule has 1 rings (SSSR count). The first-order chi connectivity index (χ1) is 7.29. The number of hydrogen-bond acceptors (Lipinski definition) is 3. The van der Waals surface area contributed by atoms with Crippen molar-refractivity contribution < 1.29 is 4.74 Å². The van der Waals surface area contributed by atoms with Crippen molar-refractivity contribution in [3.8, 4) is 11.8 Å². The van der Waals surface area contributed by atoms with Gasteiger partial charge in [-0.15, -0.1) is 0 Å². The molecule has 1 N–H and O–H groups in total. The molecule has 0 radical (unpaired) electrons. The first-order valence-corrected chi connectivity index (χ1v) is 5.06. The Balaban J connectivity index is 2.63. The van der Waals surface area contributed by atoms with Crippen molar-refractivity contribution in [1.29, 1.82) is 5.26 Å². The molecule has 0 aliphatic carbocycles. The smallest absolute Gasteiger partial charge is 0.124 e. The van der Waals surface area contributed by atoms with Crippen molar-refractivity contribution in [3.05, 3.63) is 28.8 Å². The fourth-order valence-corrected chi connectivity index (χ4v) is 1.49. The molecule has 0 atom stereocenters. The fourth-order valence-electron chi connectivity index (χ4n) is 1.26. The van der Waals surface area contributed by atoms with E-state index in [4.69, 9.17) is 21.6 Å². The van der Waals surface area contributed by atoms with Crippen molar-refractivity contribution in [2.24, 2.45) is 0 Å². The van der Waals surface area contributed by atoms with Gasteiger partial charge in [-0.2, -0.15) is 5.26 Å². The van der Waals surface area contributed by atoms with E-state index in [-0.39, 0.29) is 0 Å². The summed E-state index contributed by atoms with van der Waals surface area (Å²) in [5.41, 5.74) is 0.930. The molecule has 0 spiro atoms. The predicted molar refractivity (Wildman–Crippen MR) is 59.9 cm³/mol. The summed E-state index contributed by atoms with van der Waals surface area (Å²) in [7, 11) is 1.62. The van der Waals surface area contributed by atoms with Crippen LogP contribution in [0.25, 0.3) is 0 Å². The van der Waals surface area contributed by atoms with Gasteiger partial charge in [0.15, 0.2) is 0 Å². The maximum Gasteiger partial charge on any atom is 0.124 e. The van der Waals surface area contributed by atoms with Crippen molar-refractivity contribution in [2.75, 3.05) is 13.7 Å². The number of hydrogen-bond donors (Lipinski definition) is 1. The van der Waals surface area contributed by atoms with E-state index in [1.165, 1.54) is 0 Å². The third-order valence-electron chi connectivity index (χ3n) is 2.01. The summed E-state index contributed by atoms with van der Waals surface area (Å²) in [5.74, 6) is 0.770. The lowest BCUT2D eigenvalue weighted by Crippen LogP contribution is -2.15. The van der Waals surface area contributed by atoms with Crippen molar-refractivity contribution in [3.63, 3.8) is 0 Å². The SMILES string of the molecule is COc1cccc(Cl)c1CNCCC#N. The number of methoxy groups -OCH3 is 1. The van der Waals surface area contributed by atoms with Gasteiger partial charge < -0.3 is 10.1 Å². The van der Waals surface area contributed by atoms with Gasteiger partial charge in [0.2, 0.25) is 0 Å². The van der Waals surface area contributed by atoms with Crippen molar-refractivity contribution in [2.45, 2.75) is 13.0 Å². The average Bonchev–Trinajstić information content (AvgIpc) is 2.26. The van der Waals surface area contributed by atoms with E-state index in [2.05, 4.69) is 11.4 Å². The lowest BCUT2D eigenvalue weighted by molar-refractivity contribution is 0.408.